The van der Waals surface area contributed by atoms with Gasteiger partial charge in [-0.2, -0.15) is 11.8 Å². The van der Waals surface area contributed by atoms with E-state index in [9.17, 15) is 5.11 Å². The summed E-state index contributed by atoms with van der Waals surface area (Å²) in [6, 6.07) is 7.29. The van der Waals surface area contributed by atoms with Crippen molar-refractivity contribution in [2.75, 3.05) is 25.4 Å². The van der Waals surface area contributed by atoms with Crippen molar-refractivity contribution in [1.82, 2.24) is 10.2 Å². The highest BCUT2D eigenvalue weighted by Crippen LogP contribution is 2.29. The van der Waals surface area contributed by atoms with Crippen molar-refractivity contribution in [2.24, 2.45) is 4.99 Å². The van der Waals surface area contributed by atoms with E-state index >= 15 is 0 Å². The van der Waals surface area contributed by atoms with Crippen molar-refractivity contribution in [1.29, 1.82) is 0 Å². The average Bonchev–Trinajstić information content (AvgIpc) is 2.42. The molecule has 0 aromatic heterocycles. The van der Waals surface area contributed by atoms with Gasteiger partial charge in [-0.3, -0.25) is 0 Å². The third-order valence-corrected chi connectivity index (χ3v) is 4.68. The molecule has 2 rings (SSSR count). The predicted molar refractivity (Wildman–Crippen MR) is 106 cm³/mol. The molecule has 0 aliphatic carbocycles. The van der Waals surface area contributed by atoms with E-state index in [4.69, 9.17) is 4.99 Å². The maximum Gasteiger partial charge on any atom is 0.194 e. The standard InChI is InChI=1S/C16H25N3OS.HI/c1-4-17-15(19-8-9-21-16(2,3)12-19)18-11-13-6-5-7-14(20)10-13;/h5-7,10,20H,4,8-9,11-12H2,1-3H3,(H,17,18);1H. The number of benzene rings is 1. The molecule has 0 unspecified atom stereocenters. The Morgan fingerprint density at radius 1 is 1.45 bits per heavy atom. The zero-order valence-electron chi connectivity index (χ0n) is 13.5. The summed E-state index contributed by atoms with van der Waals surface area (Å²) in [6.45, 7) is 10.1. The first-order valence-corrected chi connectivity index (χ1v) is 8.44. The van der Waals surface area contributed by atoms with Crippen LogP contribution in [0.3, 0.4) is 0 Å². The van der Waals surface area contributed by atoms with Gasteiger partial charge in [-0.05, 0) is 38.5 Å². The van der Waals surface area contributed by atoms with Crippen molar-refractivity contribution in [3.8, 4) is 5.75 Å². The van der Waals surface area contributed by atoms with Crippen LogP contribution in [0.1, 0.15) is 26.3 Å². The first-order chi connectivity index (χ1) is 10.00. The number of phenolic OH excluding ortho intramolecular Hbond substituents is 1. The fourth-order valence-electron chi connectivity index (χ4n) is 2.44. The van der Waals surface area contributed by atoms with E-state index in [1.807, 2.05) is 23.9 Å². The number of nitrogens with zero attached hydrogens (tertiary/aromatic N) is 2. The molecule has 1 fully saturated rings. The minimum absolute atomic E-state index is 0. The fourth-order valence-corrected chi connectivity index (χ4v) is 3.56. The number of hydrogen-bond acceptors (Lipinski definition) is 3. The predicted octanol–water partition coefficient (Wildman–Crippen LogP) is 3.30. The number of guanidine groups is 1. The van der Waals surface area contributed by atoms with Gasteiger partial charge in [0.15, 0.2) is 5.96 Å². The Morgan fingerprint density at radius 2 is 2.23 bits per heavy atom. The zero-order chi connectivity index (χ0) is 15.3. The molecule has 124 valence electrons. The van der Waals surface area contributed by atoms with E-state index in [2.05, 4.69) is 31.0 Å². The molecule has 1 heterocycles. The van der Waals surface area contributed by atoms with Crippen molar-refractivity contribution in [2.45, 2.75) is 32.1 Å². The summed E-state index contributed by atoms with van der Waals surface area (Å²) < 4.78 is 0.263. The summed E-state index contributed by atoms with van der Waals surface area (Å²) in [5.41, 5.74) is 1.02. The second-order valence-electron chi connectivity index (χ2n) is 5.87. The van der Waals surface area contributed by atoms with Gasteiger partial charge < -0.3 is 15.3 Å². The summed E-state index contributed by atoms with van der Waals surface area (Å²) in [5.74, 6) is 2.39. The molecule has 0 amide bonds. The monoisotopic (exact) mass is 435 g/mol. The van der Waals surface area contributed by atoms with E-state index in [0.29, 0.717) is 12.3 Å². The van der Waals surface area contributed by atoms with Crippen LogP contribution in [0, 0.1) is 0 Å². The molecule has 1 aromatic rings. The van der Waals surface area contributed by atoms with Gasteiger partial charge in [0.05, 0.1) is 6.54 Å². The molecule has 22 heavy (non-hydrogen) atoms. The van der Waals surface area contributed by atoms with Crippen LogP contribution >= 0.6 is 35.7 Å². The lowest BCUT2D eigenvalue weighted by atomic mass is 10.2. The summed E-state index contributed by atoms with van der Waals surface area (Å²) in [7, 11) is 0. The van der Waals surface area contributed by atoms with Crippen molar-refractivity contribution in [3.63, 3.8) is 0 Å². The van der Waals surface area contributed by atoms with Gasteiger partial charge in [-0.15, -0.1) is 24.0 Å². The number of hydrogen-bond donors (Lipinski definition) is 2. The third kappa shape index (κ3) is 5.87. The molecule has 1 aliphatic heterocycles. The Hall–Kier alpha value is -0.630. The molecular formula is C16H26IN3OS. The molecule has 0 atom stereocenters. The lowest BCUT2D eigenvalue weighted by Gasteiger charge is -2.39. The fraction of sp³-hybridized carbons (Fsp3) is 0.562. The van der Waals surface area contributed by atoms with Crippen LogP contribution in [0.2, 0.25) is 0 Å². The SMILES string of the molecule is CCNC(=NCc1cccc(O)c1)N1CCSC(C)(C)C1.I. The number of phenols is 1. The molecule has 6 heteroatoms. The van der Waals surface area contributed by atoms with Gasteiger partial charge in [0.25, 0.3) is 0 Å². The number of aliphatic imine (C=N–C) groups is 1. The molecular weight excluding hydrogens is 409 g/mol. The number of thioether (sulfide) groups is 1. The average molecular weight is 435 g/mol. The van der Waals surface area contributed by atoms with Crippen LogP contribution in [0.4, 0.5) is 0 Å². The van der Waals surface area contributed by atoms with E-state index in [1.165, 1.54) is 0 Å². The number of halogens is 1. The Bertz CT molecular complexity index is 508. The van der Waals surface area contributed by atoms with E-state index in [1.54, 1.807) is 12.1 Å². The zero-order valence-corrected chi connectivity index (χ0v) is 16.6. The first-order valence-electron chi connectivity index (χ1n) is 7.45. The summed E-state index contributed by atoms with van der Waals surface area (Å²) in [4.78, 5) is 7.06. The van der Waals surface area contributed by atoms with Crippen molar-refractivity contribution < 1.29 is 5.11 Å². The largest absolute Gasteiger partial charge is 0.508 e. The lowest BCUT2D eigenvalue weighted by molar-refractivity contribution is 0.376. The summed E-state index contributed by atoms with van der Waals surface area (Å²) in [6.07, 6.45) is 0. The normalized spacial score (nSPS) is 17.8. The molecule has 1 aromatic carbocycles. The van der Waals surface area contributed by atoms with Crippen LogP contribution in [-0.4, -0.2) is 46.1 Å². The van der Waals surface area contributed by atoms with Crippen LogP contribution in [-0.2, 0) is 6.54 Å². The topological polar surface area (TPSA) is 47.9 Å². The minimum Gasteiger partial charge on any atom is -0.508 e. The highest BCUT2D eigenvalue weighted by molar-refractivity contribution is 14.0. The van der Waals surface area contributed by atoms with Gasteiger partial charge in [-0.1, -0.05) is 12.1 Å². The van der Waals surface area contributed by atoms with Gasteiger partial charge in [0.1, 0.15) is 5.75 Å². The Labute approximate surface area is 154 Å². The Morgan fingerprint density at radius 3 is 2.86 bits per heavy atom. The molecule has 0 saturated carbocycles. The molecule has 1 saturated heterocycles. The summed E-state index contributed by atoms with van der Waals surface area (Å²) in [5, 5.41) is 12.9. The van der Waals surface area contributed by atoms with Crippen LogP contribution < -0.4 is 5.32 Å². The van der Waals surface area contributed by atoms with Gasteiger partial charge >= 0.3 is 0 Å². The Balaban J connectivity index is 0.00000242. The van der Waals surface area contributed by atoms with E-state index in [0.717, 1.165) is 36.9 Å². The van der Waals surface area contributed by atoms with Crippen molar-refractivity contribution in [3.05, 3.63) is 29.8 Å². The molecule has 1 aliphatic rings. The van der Waals surface area contributed by atoms with E-state index < -0.39 is 0 Å². The van der Waals surface area contributed by atoms with Crippen LogP contribution in [0.15, 0.2) is 29.3 Å². The second kappa shape index (κ2) is 8.86. The summed E-state index contributed by atoms with van der Waals surface area (Å²) >= 11 is 2.02. The maximum atomic E-state index is 9.52. The number of nitrogens with one attached hydrogen (secondary N) is 1. The number of rotatable bonds is 3. The van der Waals surface area contributed by atoms with Gasteiger partial charge in [0.2, 0.25) is 0 Å². The van der Waals surface area contributed by atoms with Crippen LogP contribution in [0.5, 0.6) is 5.75 Å². The van der Waals surface area contributed by atoms with Gasteiger partial charge in [0, 0.05) is 30.1 Å². The number of aromatic hydroxyl groups is 1. The third-order valence-electron chi connectivity index (χ3n) is 3.38. The smallest absolute Gasteiger partial charge is 0.194 e. The quantitative estimate of drug-likeness (QED) is 0.435. The maximum absolute atomic E-state index is 9.52. The Kier molecular flexibility index (Phi) is 7.82. The molecule has 4 nitrogen and oxygen atoms in total. The van der Waals surface area contributed by atoms with Crippen LogP contribution in [0.25, 0.3) is 0 Å². The molecule has 2 N–H and O–H groups in total. The molecule has 0 spiro atoms. The van der Waals surface area contributed by atoms with E-state index in [-0.39, 0.29) is 28.7 Å². The lowest BCUT2D eigenvalue weighted by Crippen LogP contribution is -2.50. The highest BCUT2D eigenvalue weighted by Gasteiger charge is 2.28. The van der Waals surface area contributed by atoms with Gasteiger partial charge in [-0.25, -0.2) is 4.99 Å². The molecule has 0 bridgehead atoms. The molecule has 0 radical (unpaired) electrons. The first kappa shape index (κ1) is 19.4. The van der Waals surface area contributed by atoms with Crippen molar-refractivity contribution >= 4 is 41.7 Å². The highest BCUT2D eigenvalue weighted by atomic mass is 127. The second-order valence-corrected chi connectivity index (χ2v) is 7.67. The minimum atomic E-state index is 0.